The van der Waals surface area contributed by atoms with Gasteiger partial charge in [-0.25, -0.2) is 0 Å². The third-order valence-electron chi connectivity index (χ3n) is 8.92. The van der Waals surface area contributed by atoms with Crippen LogP contribution in [0.15, 0.2) is 193 Å². The van der Waals surface area contributed by atoms with Gasteiger partial charge >= 0.3 is 6.92 Å². The van der Waals surface area contributed by atoms with E-state index in [1.54, 1.807) is 0 Å². The maximum absolute atomic E-state index is 10.5. The molecule has 9 aromatic rings. The Balaban J connectivity index is 1.43. The molecule has 0 atom stereocenters. The standard InChI is InChI=1S/C48H32BNO2Si/c1-4-16-34(17-5-1)53(35-18-6-2-7-19-35,36-20-8-3-9-21-36)37-31-41-40-24-12-15-27-45(40)52-49-42-29-28-33(30-46(42)51-47(32-37)48(41)49)50-43-25-13-10-22-38(43)39-23-11-14-26-44(39)50/h1-32H/i1D,2D,3D,4D,5D,6D,7D,8D,9D,10D,11D,12D,13D,14D,15D,16D,17D,18D,19D,20D,21D,22D,23D,24D,25D,26D,27D,28D,29D,30D,31D,32D. The highest BCUT2D eigenvalue weighted by Crippen LogP contribution is 2.40. The van der Waals surface area contributed by atoms with E-state index in [0.717, 1.165) is 0 Å². The molecule has 0 fully saturated rings. The first-order valence-corrected chi connectivity index (χ1v) is 17.6. The molecule has 0 N–H and O–H groups in total. The summed E-state index contributed by atoms with van der Waals surface area (Å²) >= 11 is 0. The zero-order valence-corrected chi connectivity index (χ0v) is 27.3. The smallest absolute Gasteiger partial charge is 0.434 e. The monoisotopic (exact) mass is 725 g/mol. The van der Waals surface area contributed by atoms with Gasteiger partial charge in [0, 0.05) is 39.0 Å². The second-order valence-corrected chi connectivity index (χ2v) is 15.0. The van der Waals surface area contributed by atoms with Crippen molar-refractivity contribution in [2.45, 2.75) is 0 Å². The normalized spacial score (nSPS) is 21.2. The zero-order chi connectivity index (χ0) is 62.8. The molecule has 2 aliphatic heterocycles. The third-order valence-corrected chi connectivity index (χ3v) is 12.9. The fourth-order valence-corrected chi connectivity index (χ4v) is 10.4. The first-order chi connectivity index (χ1) is 39.6. The topological polar surface area (TPSA) is 23.4 Å². The van der Waals surface area contributed by atoms with Crippen molar-refractivity contribution in [2.24, 2.45) is 0 Å². The largest absolute Gasteiger partial charge is 0.551 e. The Morgan fingerprint density at radius 3 is 1.62 bits per heavy atom. The van der Waals surface area contributed by atoms with E-state index in [9.17, 15) is 17.8 Å². The van der Waals surface area contributed by atoms with Crippen LogP contribution in [0, 0.1) is 0 Å². The Morgan fingerprint density at radius 1 is 0.453 bits per heavy atom. The number of para-hydroxylation sites is 3. The van der Waals surface area contributed by atoms with Gasteiger partial charge in [0.15, 0.2) is 8.07 Å². The van der Waals surface area contributed by atoms with Crippen LogP contribution in [0.4, 0.5) is 0 Å². The summed E-state index contributed by atoms with van der Waals surface area (Å²) in [5.74, 6) is -2.81. The van der Waals surface area contributed by atoms with Gasteiger partial charge in [0.2, 0.25) is 0 Å². The molecule has 0 radical (unpaired) electrons. The van der Waals surface area contributed by atoms with Gasteiger partial charge < -0.3 is 14.0 Å². The minimum absolute atomic E-state index is 0.524. The number of hydrogen-bond donors (Lipinski definition) is 0. The van der Waals surface area contributed by atoms with Crippen molar-refractivity contribution in [3.63, 3.8) is 0 Å². The zero-order valence-electron chi connectivity index (χ0n) is 58.3. The molecule has 0 saturated heterocycles. The predicted octanol–water partition coefficient (Wildman–Crippen LogP) is 7.43. The molecule has 0 amide bonds. The first-order valence-electron chi connectivity index (χ1n) is 31.6. The molecule has 0 unspecified atom stereocenters. The van der Waals surface area contributed by atoms with Crippen LogP contribution >= 0.6 is 0 Å². The lowest BCUT2D eigenvalue weighted by Gasteiger charge is -2.38. The molecule has 248 valence electrons. The third kappa shape index (κ3) is 4.41. The molecular weight excluding hydrogens is 661 g/mol. The molecule has 1 aromatic heterocycles. The number of aromatic nitrogens is 1. The number of rotatable bonds is 5. The molecule has 0 bridgehead atoms. The van der Waals surface area contributed by atoms with Crippen molar-refractivity contribution in [3.8, 4) is 34.1 Å². The Bertz CT molecular complexity index is 4390. The predicted molar refractivity (Wildman–Crippen MR) is 222 cm³/mol. The van der Waals surface area contributed by atoms with E-state index in [1.165, 1.54) is 0 Å². The van der Waals surface area contributed by atoms with Crippen LogP contribution in [-0.2, 0) is 0 Å². The summed E-state index contributed by atoms with van der Waals surface area (Å²) in [6, 6.07) is -35.2. The van der Waals surface area contributed by atoms with Crippen LogP contribution < -0.4 is 41.1 Å². The quantitative estimate of drug-likeness (QED) is 0.136. The molecular formula is C48H32BNO2Si. The molecule has 53 heavy (non-hydrogen) atoms. The Labute approximate surface area is 354 Å². The van der Waals surface area contributed by atoms with E-state index < -0.39 is 296 Å². The van der Waals surface area contributed by atoms with Gasteiger partial charge in [0.05, 0.1) is 54.9 Å². The van der Waals surface area contributed by atoms with E-state index in [-0.39, 0.29) is 0 Å². The SMILES string of the molecule is [2H]c1c([2H])c([2H])c([Si](c2c([2H])c([2H])c([2H])c([2H])c2[2H])(c2c([2H])c([2H])c([2H])c([2H])c2[2H])c2c([2H])c3c4c(c2[2H])-c2c([2H])c([2H])c([2H])c([2H])c2OB4c2c([2H])c([2H])c(-n4c5c([2H])c([2H])c([2H])c([2H])c5c5c([2H])c([2H])c([2H])c([2H])c54)c([2H])c2O3)c([2H])c1[2H]. The van der Waals surface area contributed by atoms with Gasteiger partial charge in [-0.3, -0.25) is 0 Å². The lowest BCUT2D eigenvalue weighted by Crippen LogP contribution is -2.75. The number of benzene rings is 8. The molecule has 2 aliphatic rings. The molecule has 3 heterocycles. The summed E-state index contributed by atoms with van der Waals surface area (Å²) < 4.78 is 308. The fraction of sp³-hybridized carbons (Fsp3) is 0. The van der Waals surface area contributed by atoms with Gasteiger partial charge in [0.25, 0.3) is 0 Å². The van der Waals surface area contributed by atoms with Gasteiger partial charge in [0.1, 0.15) is 17.2 Å². The van der Waals surface area contributed by atoms with Crippen LogP contribution in [0.3, 0.4) is 0 Å². The second kappa shape index (κ2) is 11.7. The minimum Gasteiger partial charge on any atom is -0.551 e. The summed E-state index contributed by atoms with van der Waals surface area (Å²) in [4.78, 5) is 0. The molecule has 0 aliphatic carbocycles. The van der Waals surface area contributed by atoms with E-state index in [1.807, 2.05) is 0 Å². The highest BCUT2D eigenvalue weighted by atomic mass is 28.3. The Morgan fingerprint density at radius 2 is 1.00 bits per heavy atom. The van der Waals surface area contributed by atoms with Gasteiger partial charge in [-0.05, 0) is 56.5 Å². The molecule has 11 rings (SSSR count). The van der Waals surface area contributed by atoms with E-state index in [0.29, 0.717) is 4.57 Å². The van der Waals surface area contributed by atoms with Gasteiger partial charge in [-0.15, -0.1) is 0 Å². The number of hydrogen-bond acceptors (Lipinski definition) is 2. The van der Waals surface area contributed by atoms with Crippen molar-refractivity contribution in [2.75, 3.05) is 0 Å². The lowest BCUT2D eigenvalue weighted by molar-refractivity contribution is 0.479. The molecule has 0 saturated carbocycles. The first kappa shape index (κ1) is 12.3. The van der Waals surface area contributed by atoms with Crippen molar-refractivity contribution in [1.29, 1.82) is 0 Å². The van der Waals surface area contributed by atoms with Crippen molar-refractivity contribution >= 4 is 68.5 Å². The summed E-state index contributed by atoms with van der Waals surface area (Å²) in [5.41, 5.74) is -5.03. The van der Waals surface area contributed by atoms with Crippen LogP contribution in [0.25, 0.3) is 38.6 Å². The Hall–Kier alpha value is -6.56. The number of nitrogens with zero attached hydrogens (tertiary/aromatic N) is 1. The van der Waals surface area contributed by atoms with Crippen LogP contribution in [0.2, 0.25) is 0 Å². The van der Waals surface area contributed by atoms with E-state index >= 15 is 0 Å². The minimum atomic E-state index is -6.52. The molecule has 0 spiro atoms. The number of fused-ring (bicyclic) bond motifs is 7. The molecule has 5 heteroatoms. The van der Waals surface area contributed by atoms with Crippen LogP contribution in [0.1, 0.15) is 43.9 Å². The van der Waals surface area contributed by atoms with Crippen LogP contribution in [-0.4, -0.2) is 19.6 Å². The summed E-state index contributed by atoms with van der Waals surface area (Å²) in [6.45, 7) is -2.15. The molecule has 3 nitrogen and oxygen atoms in total. The summed E-state index contributed by atoms with van der Waals surface area (Å²) in [6.07, 6.45) is 0. The summed E-state index contributed by atoms with van der Waals surface area (Å²) in [5, 5.41) is -5.74. The average Bonchev–Trinajstić information content (AvgIpc) is 0.945. The Kier molecular flexibility index (Phi) is 2.72. The molecule has 8 aromatic carbocycles. The van der Waals surface area contributed by atoms with E-state index in [2.05, 4.69) is 0 Å². The van der Waals surface area contributed by atoms with Crippen LogP contribution in [0.5, 0.6) is 17.2 Å². The van der Waals surface area contributed by atoms with Crippen molar-refractivity contribution < 1.29 is 53.3 Å². The van der Waals surface area contributed by atoms with Gasteiger partial charge in [-0.1, -0.05) is 157 Å². The number of ether oxygens (including phenoxy) is 1. The summed E-state index contributed by atoms with van der Waals surface area (Å²) in [7, 11) is -6.52. The van der Waals surface area contributed by atoms with Gasteiger partial charge in [-0.2, -0.15) is 0 Å². The van der Waals surface area contributed by atoms with E-state index in [4.69, 9.17) is 35.4 Å². The van der Waals surface area contributed by atoms with Crippen molar-refractivity contribution in [1.82, 2.24) is 4.57 Å². The lowest BCUT2D eigenvalue weighted by atomic mass is 9.51. The highest BCUT2D eigenvalue weighted by Gasteiger charge is 2.46. The average molecular weight is 726 g/mol. The van der Waals surface area contributed by atoms with Crippen molar-refractivity contribution in [3.05, 3.63) is 193 Å². The fourth-order valence-electron chi connectivity index (χ4n) is 6.75. The maximum atomic E-state index is 10.5. The highest BCUT2D eigenvalue weighted by molar-refractivity contribution is 7.20. The second-order valence-electron chi connectivity index (χ2n) is 11.5. The maximum Gasteiger partial charge on any atom is 0.434 e.